The number of hydrogen-bond acceptors (Lipinski definition) is 3. The SMILES string of the molecule is C=C=NCC(=C)CS(=O)(=O)F. The molecule has 0 aliphatic rings. The molecule has 0 fully saturated rings. The largest absolute Gasteiger partial charge is 0.306 e. The number of aliphatic imine (C=N–C) groups is 1. The Bertz CT molecular complexity index is 288. The zero-order valence-electron chi connectivity index (χ0n) is 5.88. The number of hydrogen-bond donors (Lipinski definition) is 0. The Balaban J connectivity index is 4.00. The molecule has 0 aromatic carbocycles. The highest BCUT2D eigenvalue weighted by atomic mass is 32.3. The van der Waals surface area contributed by atoms with Crippen LogP contribution in [-0.4, -0.2) is 26.6 Å². The fraction of sp³-hybridized carbons (Fsp3) is 0.333. The van der Waals surface area contributed by atoms with E-state index in [1.165, 1.54) is 0 Å². The summed E-state index contributed by atoms with van der Waals surface area (Å²) in [5.41, 5.74) is 0.184. The summed E-state index contributed by atoms with van der Waals surface area (Å²) in [6, 6.07) is 0. The Morgan fingerprint density at radius 3 is 2.55 bits per heavy atom. The molecule has 0 saturated heterocycles. The Morgan fingerprint density at radius 1 is 1.64 bits per heavy atom. The van der Waals surface area contributed by atoms with Crippen LogP contribution in [0.3, 0.4) is 0 Å². The molecule has 0 amide bonds. The second kappa shape index (κ2) is 4.05. The third-order valence-electron chi connectivity index (χ3n) is 0.791. The first-order valence-electron chi connectivity index (χ1n) is 2.73. The molecule has 0 heterocycles. The Labute approximate surface area is 65.2 Å². The molecule has 62 valence electrons. The summed E-state index contributed by atoms with van der Waals surface area (Å²) in [6.45, 7) is 6.50. The molecule has 0 aliphatic carbocycles. The molecule has 0 N–H and O–H groups in total. The van der Waals surface area contributed by atoms with Gasteiger partial charge >= 0.3 is 10.2 Å². The predicted octanol–water partition coefficient (Wildman–Crippen LogP) is 0.698. The normalized spacial score (nSPS) is 10.3. The van der Waals surface area contributed by atoms with Gasteiger partial charge in [-0.1, -0.05) is 6.58 Å². The first-order valence-corrected chi connectivity index (χ1v) is 4.28. The zero-order valence-corrected chi connectivity index (χ0v) is 6.69. The smallest absolute Gasteiger partial charge is 0.239 e. The molecule has 3 nitrogen and oxygen atoms in total. The average Bonchev–Trinajstić information content (AvgIpc) is 1.79. The number of nitrogens with zero attached hydrogens (tertiary/aromatic N) is 1. The van der Waals surface area contributed by atoms with E-state index < -0.39 is 16.0 Å². The maximum atomic E-state index is 11.9. The van der Waals surface area contributed by atoms with Gasteiger partial charge in [-0.15, -0.1) is 3.89 Å². The van der Waals surface area contributed by atoms with Crippen LogP contribution in [0.15, 0.2) is 23.7 Å². The average molecular weight is 177 g/mol. The summed E-state index contributed by atoms with van der Waals surface area (Å²) in [4.78, 5) is 3.46. The minimum absolute atomic E-state index is 0.0483. The van der Waals surface area contributed by atoms with Crippen LogP contribution in [0.1, 0.15) is 0 Å². The van der Waals surface area contributed by atoms with Crippen molar-refractivity contribution in [2.45, 2.75) is 0 Å². The maximum absolute atomic E-state index is 11.9. The number of halogens is 1. The summed E-state index contributed by atoms with van der Waals surface area (Å²) in [5, 5.41) is 0. The highest BCUT2D eigenvalue weighted by molar-refractivity contribution is 7.86. The predicted molar refractivity (Wildman–Crippen MR) is 42.0 cm³/mol. The van der Waals surface area contributed by atoms with E-state index in [0.29, 0.717) is 0 Å². The van der Waals surface area contributed by atoms with E-state index in [1.54, 1.807) is 0 Å². The van der Waals surface area contributed by atoms with Crippen molar-refractivity contribution in [1.82, 2.24) is 0 Å². The van der Waals surface area contributed by atoms with Gasteiger partial charge in [0.1, 0.15) is 5.75 Å². The summed E-state index contributed by atoms with van der Waals surface area (Å²) >= 11 is 0. The van der Waals surface area contributed by atoms with Gasteiger partial charge in [-0.25, -0.2) is 4.99 Å². The molecule has 11 heavy (non-hydrogen) atoms. The zero-order chi connectivity index (χ0) is 8.91. The fourth-order valence-corrected chi connectivity index (χ4v) is 1.04. The third kappa shape index (κ3) is 6.96. The van der Waals surface area contributed by atoms with Crippen LogP contribution >= 0.6 is 0 Å². The highest BCUT2D eigenvalue weighted by Crippen LogP contribution is 1.99. The van der Waals surface area contributed by atoms with Gasteiger partial charge in [-0.3, -0.25) is 0 Å². The highest BCUT2D eigenvalue weighted by Gasteiger charge is 2.08. The maximum Gasteiger partial charge on any atom is 0.306 e. The second-order valence-corrected chi connectivity index (χ2v) is 3.27. The van der Waals surface area contributed by atoms with Gasteiger partial charge in [-0.05, 0) is 18.0 Å². The molecule has 0 unspecified atom stereocenters. The summed E-state index contributed by atoms with van der Waals surface area (Å²) in [7, 11) is -4.46. The molecular weight excluding hydrogens is 169 g/mol. The number of rotatable bonds is 4. The lowest BCUT2D eigenvalue weighted by atomic mass is 10.4. The lowest BCUT2D eigenvalue weighted by Gasteiger charge is -1.94. The van der Waals surface area contributed by atoms with Crippen molar-refractivity contribution in [1.29, 1.82) is 0 Å². The molecule has 0 aromatic rings. The topological polar surface area (TPSA) is 46.5 Å². The molecule has 0 aromatic heterocycles. The van der Waals surface area contributed by atoms with Crippen LogP contribution < -0.4 is 0 Å². The van der Waals surface area contributed by atoms with Gasteiger partial charge in [0.25, 0.3) is 0 Å². The molecular formula is C6H8FNO2S. The monoisotopic (exact) mass is 177 g/mol. The van der Waals surface area contributed by atoms with E-state index in [-0.39, 0.29) is 12.1 Å². The van der Waals surface area contributed by atoms with Gasteiger partial charge in [0.05, 0.1) is 6.54 Å². The van der Waals surface area contributed by atoms with E-state index in [4.69, 9.17) is 0 Å². The van der Waals surface area contributed by atoms with Gasteiger partial charge in [0, 0.05) is 0 Å². The van der Waals surface area contributed by atoms with E-state index in [1.807, 2.05) is 0 Å². The molecule has 0 bridgehead atoms. The summed E-state index contributed by atoms with van der Waals surface area (Å²) < 4.78 is 31.9. The molecule has 5 heteroatoms. The molecule has 0 saturated carbocycles. The minimum atomic E-state index is -4.46. The minimum Gasteiger partial charge on any atom is -0.239 e. The van der Waals surface area contributed by atoms with Gasteiger partial charge < -0.3 is 0 Å². The van der Waals surface area contributed by atoms with Crippen molar-refractivity contribution >= 4 is 16.1 Å². The summed E-state index contributed by atoms with van der Waals surface area (Å²) in [6.07, 6.45) is 0. The fourth-order valence-electron chi connectivity index (χ4n) is 0.457. The second-order valence-electron chi connectivity index (χ2n) is 1.91. The van der Waals surface area contributed by atoms with Gasteiger partial charge in [-0.2, -0.15) is 8.42 Å². The van der Waals surface area contributed by atoms with Crippen molar-refractivity contribution in [3.8, 4) is 0 Å². The van der Waals surface area contributed by atoms with Crippen LogP contribution in [0.25, 0.3) is 0 Å². The van der Waals surface area contributed by atoms with Crippen LogP contribution in [0, 0.1) is 0 Å². The molecule has 0 spiro atoms. The van der Waals surface area contributed by atoms with Crippen LogP contribution in [-0.2, 0) is 10.2 Å². The lowest BCUT2D eigenvalue weighted by Crippen LogP contribution is -2.03. The van der Waals surface area contributed by atoms with Gasteiger partial charge in [0.2, 0.25) is 0 Å². The Hall–Kier alpha value is -0.930. The lowest BCUT2D eigenvalue weighted by molar-refractivity contribution is 0.554. The van der Waals surface area contributed by atoms with Gasteiger partial charge in [0.15, 0.2) is 0 Å². The van der Waals surface area contributed by atoms with Crippen molar-refractivity contribution in [3.63, 3.8) is 0 Å². The summed E-state index contributed by atoms with van der Waals surface area (Å²) in [5.74, 6) is 1.50. The standard InChI is InChI=1S/C6H8FNO2S/c1-3-8-4-6(2)5-11(7,9)10/h1-2,4-5H2. The first-order chi connectivity index (χ1) is 4.95. The van der Waals surface area contributed by atoms with Crippen molar-refractivity contribution < 1.29 is 12.3 Å². The van der Waals surface area contributed by atoms with E-state index in [9.17, 15) is 12.3 Å². The molecule has 0 aliphatic heterocycles. The van der Waals surface area contributed by atoms with E-state index in [2.05, 4.69) is 24.0 Å². The quantitative estimate of drug-likeness (QED) is 0.360. The third-order valence-corrected chi connectivity index (χ3v) is 1.54. The molecule has 0 rings (SSSR count). The van der Waals surface area contributed by atoms with Crippen LogP contribution in [0.2, 0.25) is 0 Å². The van der Waals surface area contributed by atoms with E-state index in [0.717, 1.165) is 0 Å². The van der Waals surface area contributed by atoms with E-state index >= 15 is 0 Å². The van der Waals surface area contributed by atoms with Crippen LogP contribution in [0.5, 0.6) is 0 Å². The molecule has 0 radical (unpaired) electrons. The van der Waals surface area contributed by atoms with Crippen molar-refractivity contribution in [3.05, 3.63) is 18.7 Å². The van der Waals surface area contributed by atoms with Crippen molar-refractivity contribution in [2.24, 2.45) is 4.99 Å². The Kier molecular flexibility index (Phi) is 3.71. The first kappa shape index (κ1) is 10.1. The molecule has 0 atom stereocenters. The van der Waals surface area contributed by atoms with Crippen LogP contribution in [0.4, 0.5) is 3.89 Å². The Morgan fingerprint density at radius 2 is 2.18 bits per heavy atom. The van der Waals surface area contributed by atoms with Crippen molar-refractivity contribution in [2.75, 3.05) is 12.3 Å².